The Kier molecular flexibility index (Phi) is 3.66. The van der Waals surface area contributed by atoms with E-state index >= 15 is 0 Å². The van der Waals surface area contributed by atoms with Crippen molar-refractivity contribution >= 4 is 29.1 Å². The first-order valence-corrected chi connectivity index (χ1v) is 7.74. The first-order chi connectivity index (χ1) is 12.2. The summed E-state index contributed by atoms with van der Waals surface area (Å²) < 4.78 is 7.14. The molecule has 0 bridgehead atoms. The standard InChI is InChI=1S/C19H13BN2O3/c21-12-13-9-10-18(19(11-13)25-20(23)24)22-16-7-3-1-5-14(16)15-6-2-4-8-17(15)22/h1-11,23-24H. The van der Waals surface area contributed by atoms with Gasteiger partial charge in [0.05, 0.1) is 28.4 Å². The molecule has 0 unspecified atom stereocenters. The lowest BCUT2D eigenvalue weighted by molar-refractivity contribution is 0.288. The van der Waals surface area contributed by atoms with Gasteiger partial charge in [0, 0.05) is 10.8 Å². The molecule has 0 aliphatic heterocycles. The Morgan fingerprint density at radius 1 is 0.880 bits per heavy atom. The van der Waals surface area contributed by atoms with Crippen LogP contribution in [0.15, 0.2) is 66.7 Å². The zero-order valence-corrected chi connectivity index (χ0v) is 13.1. The fourth-order valence-electron chi connectivity index (χ4n) is 3.16. The van der Waals surface area contributed by atoms with Crippen LogP contribution in [0, 0.1) is 11.3 Å². The Labute approximate surface area is 144 Å². The molecule has 0 aliphatic carbocycles. The van der Waals surface area contributed by atoms with E-state index < -0.39 is 7.32 Å². The van der Waals surface area contributed by atoms with Crippen LogP contribution in [0.5, 0.6) is 5.75 Å². The molecule has 0 aliphatic rings. The monoisotopic (exact) mass is 328 g/mol. The maximum Gasteiger partial charge on any atom is 0.707 e. The Balaban J connectivity index is 2.09. The van der Waals surface area contributed by atoms with E-state index in [1.54, 1.807) is 12.1 Å². The van der Waals surface area contributed by atoms with Crippen LogP contribution in [0.1, 0.15) is 5.56 Å². The number of hydrogen-bond donors (Lipinski definition) is 2. The van der Waals surface area contributed by atoms with Crippen LogP contribution < -0.4 is 4.65 Å². The minimum Gasteiger partial charge on any atom is -0.510 e. The number of hydrogen-bond acceptors (Lipinski definition) is 4. The summed E-state index contributed by atoms with van der Waals surface area (Å²) >= 11 is 0. The van der Waals surface area contributed by atoms with Crippen LogP contribution in [0.2, 0.25) is 0 Å². The highest BCUT2D eigenvalue weighted by molar-refractivity contribution is 6.34. The number of aromatic nitrogens is 1. The van der Waals surface area contributed by atoms with Gasteiger partial charge in [-0.1, -0.05) is 36.4 Å². The van der Waals surface area contributed by atoms with Gasteiger partial charge >= 0.3 is 7.32 Å². The van der Waals surface area contributed by atoms with E-state index in [1.807, 2.05) is 59.2 Å². The molecule has 25 heavy (non-hydrogen) atoms. The highest BCUT2D eigenvalue weighted by Gasteiger charge is 2.19. The number of fused-ring (bicyclic) bond motifs is 3. The number of nitriles is 1. The van der Waals surface area contributed by atoms with Gasteiger partial charge in [-0.3, -0.25) is 0 Å². The molecule has 0 radical (unpaired) electrons. The van der Waals surface area contributed by atoms with Crippen molar-refractivity contribution in [2.24, 2.45) is 0 Å². The van der Waals surface area contributed by atoms with Gasteiger partial charge in [0.1, 0.15) is 5.75 Å². The van der Waals surface area contributed by atoms with E-state index in [1.165, 1.54) is 6.07 Å². The second kappa shape index (κ2) is 5.98. The topological polar surface area (TPSA) is 78.4 Å². The van der Waals surface area contributed by atoms with Crippen molar-refractivity contribution in [2.45, 2.75) is 0 Å². The third-order valence-corrected chi connectivity index (χ3v) is 4.14. The Morgan fingerprint density at radius 3 is 2.04 bits per heavy atom. The molecule has 6 heteroatoms. The summed E-state index contributed by atoms with van der Waals surface area (Å²) in [6, 6.07) is 22.9. The normalized spacial score (nSPS) is 10.8. The fraction of sp³-hybridized carbons (Fsp3) is 0. The Bertz CT molecular complexity index is 1080. The van der Waals surface area contributed by atoms with Crippen LogP contribution in [0.25, 0.3) is 27.5 Å². The molecule has 0 spiro atoms. The average Bonchev–Trinajstić information content (AvgIpc) is 2.96. The van der Waals surface area contributed by atoms with E-state index in [2.05, 4.69) is 0 Å². The zero-order valence-electron chi connectivity index (χ0n) is 13.1. The molecular weight excluding hydrogens is 315 g/mol. The molecule has 5 nitrogen and oxygen atoms in total. The first kappa shape index (κ1) is 15.3. The molecule has 3 aromatic carbocycles. The summed E-state index contributed by atoms with van der Waals surface area (Å²) in [5.74, 6) is 0.223. The number of benzene rings is 3. The predicted molar refractivity (Wildman–Crippen MR) is 96.3 cm³/mol. The lowest BCUT2D eigenvalue weighted by atomic mass is 10.1. The fourth-order valence-corrected chi connectivity index (χ4v) is 3.16. The molecule has 2 N–H and O–H groups in total. The van der Waals surface area contributed by atoms with Crippen molar-refractivity contribution in [3.8, 4) is 17.5 Å². The van der Waals surface area contributed by atoms with Crippen LogP contribution in [0.4, 0.5) is 0 Å². The lowest BCUT2D eigenvalue weighted by Gasteiger charge is -2.14. The van der Waals surface area contributed by atoms with Gasteiger partial charge in [-0.05, 0) is 30.3 Å². The Hall–Kier alpha value is -3.27. The van der Waals surface area contributed by atoms with Crippen LogP contribution >= 0.6 is 0 Å². The summed E-state index contributed by atoms with van der Waals surface area (Å²) in [6.45, 7) is 0. The third-order valence-electron chi connectivity index (χ3n) is 4.14. The second-order valence-electron chi connectivity index (χ2n) is 5.61. The van der Waals surface area contributed by atoms with Crippen molar-refractivity contribution in [2.75, 3.05) is 0 Å². The molecule has 0 saturated heterocycles. The van der Waals surface area contributed by atoms with Gasteiger partial charge in [0.2, 0.25) is 0 Å². The number of nitrogens with zero attached hydrogens (tertiary/aromatic N) is 2. The van der Waals surface area contributed by atoms with Crippen molar-refractivity contribution in [3.05, 3.63) is 72.3 Å². The predicted octanol–water partition coefficient (Wildman–Crippen LogP) is 3.00. The second-order valence-corrected chi connectivity index (χ2v) is 5.61. The van der Waals surface area contributed by atoms with Gasteiger partial charge in [-0.2, -0.15) is 5.26 Å². The van der Waals surface area contributed by atoms with E-state index in [0.29, 0.717) is 11.3 Å². The maximum absolute atomic E-state index is 9.26. The minimum absolute atomic E-state index is 0.223. The molecule has 0 amide bonds. The SMILES string of the molecule is N#Cc1ccc(-n2c3ccccc3c3ccccc32)c(OB(O)O)c1. The lowest BCUT2D eigenvalue weighted by Crippen LogP contribution is -2.21. The summed E-state index contributed by atoms with van der Waals surface area (Å²) in [6.07, 6.45) is 0. The highest BCUT2D eigenvalue weighted by atomic mass is 16.6. The molecular formula is C19H13BN2O3. The van der Waals surface area contributed by atoms with Crippen LogP contribution in [-0.2, 0) is 0 Å². The van der Waals surface area contributed by atoms with Crippen LogP contribution in [0.3, 0.4) is 0 Å². The molecule has 1 heterocycles. The van der Waals surface area contributed by atoms with Crippen molar-refractivity contribution in [1.29, 1.82) is 5.26 Å². The Morgan fingerprint density at radius 2 is 1.48 bits per heavy atom. The van der Waals surface area contributed by atoms with E-state index in [9.17, 15) is 10.0 Å². The molecule has 4 rings (SSSR count). The average molecular weight is 328 g/mol. The van der Waals surface area contributed by atoms with Gasteiger partial charge < -0.3 is 19.3 Å². The molecule has 120 valence electrons. The third kappa shape index (κ3) is 2.52. The largest absolute Gasteiger partial charge is 0.707 e. The first-order valence-electron chi connectivity index (χ1n) is 7.74. The quantitative estimate of drug-likeness (QED) is 0.567. The van der Waals surface area contributed by atoms with Crippen molar-refractivity contribution in [3.63, 3.8) is 0 Å². The van der Waals surface area contributed by atoms with Gasteiger partial charge in [0.15, 0.2) is 0 Å². The van der Waals surface area contributed by atoms with E-state index in [0.717, 1.165) is 21.8 Å². The zero-order chi connectivity index (χ0) is 17.4. The minimum atomic E-state index is -1.97. The number of rotatable bonds is 3. The summed E-state index contributed by atoms with van der Waals surface area (Å²) in [5.41, 5.74) is 2.93. The summed E-state index contributed by atoms with van der Waals surface area (Å²) in [4.78, 5) is 0. The van der Waals surface area contributed by atoms with E-state index in [4.69, 9.17) is 9.92 Å². The number of para-hydroxylation sites is 2. The van der Waals surface area contributed by atoms with Gasteiger partial charge in [0.25, 0.3) is 0 Å². The maximum atomic E-state index is 9.26. The smallest absolute Gasteiger partial charge is 0.510 e. The summed E-state index contributed by atoms with van der Waals surface area (Å²) in [5, 5.41) is 29.8. The van der Waals surface area contributed by atoms with E-state index in [-0.39, 0.29) is 5.75 Å². The summed E-state index contributed by atoms with van der Waals surface area (Å²) in [7, 11) is -1.97. The van der Waals surface area contributed by atoms with Crippen molar-refractivity contribution < 1.29 is 14.7 Å². The van der Waals surface area contributed by atoms with Gasteiger partial charge in [-0.25, -0.2) is 0 Å². The molecule has 0 fully saturated rings. The molecule has 4 aromatic rings. The van der Waals surface area contributed by atoms with Crippen LogP contribution in [-0.4, -0.2) is 21.9 Å². The molecule has 0 saturated carbocycles. The van der Waals surface area contributed by atoms with Crippen molar-refractivity contribution in [1.82, 2.24) is 4.57 Å². The molecule has 1 aromatic heterocycles. The molecule has 0 atom stereocenters. The highest BCUT2D eigenvalue weighted by Crippen LogP contribution is 2.35. The van der Waals surface area contributed by atoms with Gasteiger partial charge in [-0.15, -0.1) is 0 Å².